The molecule has 0 spiro atoms. The van der Waals surface area contributed by atoms with Crippen molar-refractivity contribution < 1.29 is 22.0 Å². The molecule has 0 unspecified atom stereocenters. The molecule has 1 aliphatic heterocycles. The normalized spacial score (nSPS) is 21.8. The number of aromatic amines is 1. The van der Waals surface area contributed by atoms with Crippen molar-refractivity contribution >= 4 is 0 Å². The average Bonchev–Trinajstić information content (AvgIpc) is 3.36. The van der Waals surface area contributed by atoms with Crippen LogP contribution in [0.5, 0.6) is 0 Å². The first kappa shape index (κ1) is 23.4. The summed E-state index contributed by atoms with van der Waals surface area (Å²) in [5, 5.41) is 0. The molecular weight excluding hydrogens is 471 g/mol. The Morgan fingerprint density at radius 1 is 1.11 bits per heavy atom. The minimum Gasteiger partial charge on any atom is -0.302 e. The van der Waals surface area contributed by atoms with Gasteiger partial charge in [0, 0.05) is 43.0 Å². The number of H-pyrrole nitrogens is 1. The zero-order valence-corrected chi connectivity index (χ0v) is 18.4. The van der Waals surface area contributed by atoms with Crippen LogP contribution < -0.4 is 11.2 Å². The Labute approximate surface area is 196 Å². The SMILES string of the molecule is O=c1[nH]c(=O)n(CCCN2C[C@@H]3C[C@@]3(c3ccc(C(F)(F)F)cc3F)C2)cc1-c1cccnc1F. The zero-order valence-electron chi connectivity index (χ0n) is 18.4. The Kier molecular flexibility index (Phi) is 5.62. The topological polar surface area (TPSA) is 71.0 Å². The van der Waals surface area contributed by atoms with E-state index in [0.29, 0.717) is 37.7 Å². The summed E-state index contributed by atoms with van der Waals surface area (Å²) in [6.07, 6.45) is -0.774. The van der Waals surface area contributed by atoms with Crippen LogP contribution in [0.2, 0.25) is 0 Å². The van der Waals surface area contributed by atoms with Crippen LogP contribution in [-0.2, 0) is 18.1 Å². The lowest BCUT2D eigenvalue weighted by Gasteiger charge is -2.22. The van der Waals surface area contributed by atoms with Gasteiger partial charge in [-0.2, -0.15) is 17.6 Å². The molecule has 2 aromatic heterocycles. The van der Waals surface area contributed by atoms with E-state index in [-0.39, 0.29) is 23.6 Å². The molecule has 0 bridgehead atoms. The van der Waals surface area contributed by atoms with E-state index >= 15 is 0 Å². The summed E-state index contributed by atoms with van der Waals surface area (Å²) in [6.45, 7) is 2.04. The molecule has 1 saturated heterocycles. The lowest BCUT2D eigenvalue weighted by Crippen LogP contribution is -2.32. The molecular formula is C24H21F5N4O2. The molecule has 35 heavy (non-hydrogen) atoms. The summed E-state index contributed by atoms with van der Waals surface area (Å²) < 4.78 is 68.5. The Morgan fingerprint density at radius 3 is 2.63 bits per heavy atom. The van der Waals surface area contributed by atoms with Gasteiger partial charge < -0.3 is 4.90 Å². The van der Waals surface area contributed by atoms with Gasteiger partial charge >= 0.3 is 11.9 Å². The van der Waals surface area contributed by atoms with E-state index in [1.165, 1.54) is 35.2 Å². The smallest absolute Gasteiger partial charge is 0.302 e. The number of rotatable bonds is 6. The maximum atomic E-state index is 14.6. The molecule has 1 N–H and O–H groups in total. The largest absolute Gasteiger partial charge is 0.416 e. The maximum Gasteiger partial charge on any atom is 0.416 e. The number of benzene rings is 1. The van der Waals surface area contributed by atoms with E-state index in [9.17, 15) is 31.5 Å². The average molecular weight is 492 g/mol. The summed E-state index contributed by atoms with van der Waals surface area (Å²) >= 11 is 0. The van der Waals surface area contributed by atoms with Gasteiger partial charge in [-0.25, -0.2) is 14.2 Å². The molecule has 2 atom stereocenters. The summed E-state index contributed by atoms with van der Waals surface area (Å²) in [5.74, 6) is -1.48. The summed E-state index contributed by atoms with van der Waals surface area (Å²) in [7, 11) is 0. The van der Waals surface area contributed by atoms with Crippen LogP contribution >= 0.6 is 0 Å². The third kappa shape index (κ3) is 4.29. The number of aryl methyl sites for hydroxylation is 1. The fourth-order valence-electron chi connectivity index (χ4n) is 5.19. The Hall–Kier alpha value is -3.34. The molecule has 3 heterocycles. The van der Waals surface area contributed by atoms with Gasteiger partial charge in [0.05, 0.1) is 11.1 Å². The molecule has 1 saturated carbocycles. The monoisotopic (exact) mass is 492 g/mol. The lowest BCUT2D eigenvalue weighted by atomic mass is 9.93. The van der Waals surface area contributed by atoms with Crippen LogP contribution in [0.25, 0.3) is 11.1 Å². The highest BCUT2D eigenvalue weighted by Gasteiger charge is 2.61. The van der Waals surface area contributed by atoms with Crippen LogP contribution in [0, 0.1) is 17.7 Å². The Bertz CT molecular complexity index is 1400. The molecule has 184 valence electrons. The number of fused-ring (bicyclic) bond motifs is 1. The number of alkyl halides is 3. The van der Waals surface area contributed by atoms with E-state index in [1.54, 1.807) is 0 Å². The van der Waals surface area contributed by atoms with Crippen molar-refractivity contribution in [3.05, 3.63) is 86.5 Å². The Morgan fingerprint density at radius 2 is 1.91 bits per heavy atom. The molecule has 0 radical (unpaired) electrons. The van der Waals surface area contributed by atoms with Gasteiger partial charge in [-0.1, -0.05) is 6.07 Å². The van der Waals surface area contributed by atoms with E-state index < -0.39 is 40.2 Å². The number of hydrogen-bond donors (Lipinski definition) is 1. The van der Waals surface area contributed by atoms with Crippen LogP contribution in [0.4, 0.5) is 22.0 Å². The van der Waals surface area contributed by atoms with Gasteiger partial charge in [0.15, 0.2) is 0 Å². The molecule has 2 fully saturated rings. The number of halogens is 5. The van der Waals surface area contributed by atoms with Gasteiger partial charge in [-0.3, -0.25) is 14.3 Å². The number of pyridine rings is 1. The molecule has 6 nitrogen and oxygen atoms in total. The summed E-state index contributed by atoms with van der Waals surface area (Å²) in [6, 6.07) is 5.63. The first-order valence-electron chi connectivity index (χ1n) is 11.1. The van der Waals surface area contributed by atoms with Crippen molar-refractivity contribution in [1.82, 2.24) is 19.4 Å². The van der Waals surface area contributed by atoms with Gasteiger partial charge in [-0.15, -0.1) is 0 Å². The van der Waals surface area contributed by atoms with Crippen molar-refractivity contribution in [2.75, 3.05) is 19.6 Å². The molecule has 0 amide bonds. The van der Waals surface area contributed by atoms with Crippen LogP contribution in [0.15, 0.2) is 52.3 Å². The van der Waals surface area contributed by atoms with E-state index in [4.69, 9.17) is 0 Å². The van der Waals surface area contributed by atoms with Crippen molar-refractivity contribution in [2.24, 2.45) is 5.92 Å². The first-order chi connectivity index (χ1) is 16.6. The number of aromatic nitrogens is 3. The van der Waals surface area contributed by atoms with E-state index in [1.807, 2.05) is 0 Å². The van der Waals surface area contributed by atoms with Gasteiger partial charge in [0.25, 0.3) is 5.56 Å². The number of hydrogen-bond acceptors (Lipinski definition) is 4. The number of likely N-dealkylation sites (tertiary alicyclic amines) is 1. The minimum atomic E-state index is -4.59. The number of piperidine rings is 1. The summed E-state index contributed by atoms with van der Waals surface area (Å²) in [4.78, 5) is 32.2. The molecule has 1 aromatic carbocycles. The summed E-state index contributed by atoms with van der Waals surface area (Å²) in [5.41, 5.74) is -2.50. The number of nitrogens with one attached hydrogen (secondary N) is 1. The molecule has 1 aliphatic carbocycles. The van der Waals surface area contributed by atoms with E-state index in [0.717, 1.165) is 12.5 Å². The third-order valence-electron chi connectivity index (χ3n) is 6.98. The molecule has 3 aromatic rings. The predicted octanol–water partition coefficient (Wildman–Crippen LogP) is 3.56. The zero-order chi connectivity index (χ0) is 25.0. The first-order valence-corrected chi connectivity index (χ1v) is 11.1. The molecule has 11 heteroatoms. The second kappa shape index (κ2) is 8.40. The van der Waals surface area contributed by atoms with Crippen LogP contribution in [0.3, 0.4) is 0 Å². The third-order valence-corrected chi connectivity index (χ3v) is 6.98. The fourth-order valence-corrected chi connectivity index (χ4v) is 5.19. The second-order valence-electron chi connectivity index (χ2n) is 9.18. The standard InChI is InChI=1S/C24H21F5N4O2/c25-19-9-14(24(27,28)29)4-5-18(19)23-10-15(23)11-32(13-23)7-2-8-33-12-17(21(34)31-22(33)35)16-3-1-6-30-20(16)26/h1,3-6,9,12,15H,2,7-8,10-11,13H2,(H,31,34,35)/t15-,23+/m0/s1. The Balaban J connectivity index is 1.25. The van der Waals surface area contributed by atoms with Crippen molar-refractivity contribution in [3.63, 3.8) is 0 Å². The molecule has 2 aliphatic rings. The van der Waals surface area contributed by atoms with Crippen LogP contribution in [-0.4, -0.2) is 39.1 Å². The van der Waals surface area contributed by atoms with Gasteiger partial charge in [0.1, 0.15) is 5.82 Å². The van der Waals surface area contributed by atoms with Crippen LogP contribution in [0.1, 0.15) is 24.0 Å². The van der Waals surface area contributed by atoms with Crippen molar-refractivity contribution in [2.45, 2.75) is 31.0 Å². The maximum absolute atomic E-state index is 14.6. The fraction of sp³-hybridized carbons (Fsp3) is 0.375. The minimum absolute atomic E-state index is 0.00523. The lowest BCUT2D eigenvalue weighted by molar-refractivity contribution is -0.137. The highest BCUT2D eigenvalue weighted by Crippen LogP contribution is 2.59. The number of nitrogens with zero attached hydrogens (tertiary/aromatic N) is 3. The highest BCUT2D eigenvalue weighted by atomic mass is 19.4. The van der Waals surface area contributed by atoms with E-state index in [2.05, 4.69) is 14.9 Å². The van der Waals surface area contributed by atoms with Gasteiger partial charge in [-0.05, 0) is 55.1 Å². The second-order valence-corrected chi connectivity index (χ2v) is 9.18. The van der Waals surface area contributed by atoms with Crippen molar-refractivity contribution in [1.29, 1.82) is 0 Å². The highest BCUT2D eigenvalue weighted by molar-refractivity contribution is 5.60. The van der Waals surface area contributed by atoms with Gasteiger partial charge in [0.2, 0.25) is 5.95 Å². The quantitative estimate of drug-likeness (QED) is 0.422. The predicted molar refractivity (Wildman–Crippen MR) is 117 cm³/mol. The molecule has 5 rings (SSSR count). The van der Waals surface area contributed by atoms with Crippen molar-refractivity contribution in [3.8, 4) is 11.1 Å².